The smallest absolute Gasteiger partial charge is 0.324 e. The van der Waals surface area contributed by atoms with Crippen LogP contribution in [0.5, 0.6) is 0 Å². The molecule has 2 rings (SSSR count). The number of rotatable bonds is 3. The highest BCUT2D eigenvalue weighted by molar-refractivity contribution is 5.85. The molecule has 0 aromatic carbocycles. The van der Waals surface area contributed by atoms with Gasteiger partial charge in [0.05, 0.1) is 0 Å². The Kier molecular flexibility index (Phi) is 2.00. The van der Waals surface area contributed by atoms with Gasteiger partial charge in [-0.3, -0.25) is 9.78 Å². The van der Waals surface area contributed by atoms with E-state index >= 15 is 0 Å². The summed E-state index contributed by atoms with van der Waals surface area (Å²) >= 11 is 0. The summed E-state index contributed by atoms with van der Waals surface area (Å²) in [4.78, 5) is 14.9. The van der Waals surface area contributed by atoms with Crippen molar-refractivity contribution in [1.29, 1.82) is 0 Å². The Morgan fingerprint density at radius 1 is 1.64 bits per heavy atom. The second kappa shape index (κ2) is 3.06. The Balaban J connectivity index is 2.22. The van der Waals surface area contributed by atoms with E-state index in [-0.39, 0.29) is 5.92 Å². The van der Waals surface area contributed by atoms with Crippen LogP contribution in [-0.4, -0.2) is 28.6 Å². The topological polar surface area (TPSA) is 62.2 Å². The van der Waals surface area contributed by atoms with Crippen molar-refractivity contribution in [3.05, 3.63) is 30.1 Å². The summed E-state index contributed by atoms with van der Waals surface area (Å²) in [5, 5.41) is 11.9. The fourth-order valence-electron chi connectivity index (χ4n) is 1.88. The molecule has 2 N–H and O–H groups in total. The van der Waals surface area contributed by atoms with E-state index in [0.29, 0.717) is 6.42 Å². The molecule has 1 fully saturated rings. The van der Waals surface area contributed by atoms with Gasteiger partial charge < -0.3 is 10.4 Å². The Labute approximate surface area is 82.0 Å². The zero-order valence-electron chi connectivity index (χ0n) is 7.90. The zero-order valence-corrected chi connectivity index (χ0v) is 7.90. The molecular formula is C10H12N2O2. The minimum Gasteiger partial charge on any atom is -0.480 e. The molecule has 1 heterocycles. The minimum absolute atomic E-state index is 0.0769. The van der Waals surface area contributed by atoms with E-state index in [1.54, 1.807) is 19.4 Å². The zero-order chi connectivity index (χ0) is 10.2. The summed E-state index contributed by atoms with van der Waals surface area (Å²) in [5.74, 6) is -0.699. The molecule has 14 heavy (non-hydrogen) atoms. The molecule has 0 bridgehead atoms. The third-order valence-corrected chi connectivity index (χ3v) is 2.90. The van der Waals surface area contributed by atoms with E-state index in [0.717, 1.165) is 5.56 Å². The van der Waals surface area contributed by atoms with Gasteiger partial charge in [0.25, 0.3) is 0 Å². The van der Waals surface area contributed by atoms with E-state index in [9.17, 15) is 4.79 Å². The van der Waals surface area contributed by atoms with E-state index in [4.69, 9.17) is 5.11 Å². The van der Waals surface area contributed by atoms with Gasteiger partial charge in [-0.25, -0.2) is 0 Å². The van der Waals surface area contributed by atoms with Crippen LogP contribution < -0.4 is 5.32 Å². The molecule has 0 saturated heterocycles. The number of nitrogens with zero attached hydrogens (tertiary/aromatic N) is 1. The standard InChI is InChI=1S/C10H12N2O2/c1-11-10(9(13)14)6-8(10)7-2-4-12-5-3-7/h2-5,8,11H,6H2,1H3,(H,13,14). The Morgan fingerprint density at radius 2 is 2.29 bits per heavy atom. The predicted octanol–water partition coefficient (Wildman–Crippen LogP) is 0.612. The first-order chi connectivity index (χ1) is 6.70. The minimum atomic E-state index is -0.776. The molecular weight excluding hydrogens is 180 g/mol. The summed E-state index contributed by atoms with van der Waals surface area (Å²) in [6.07, 6.45) is 4.04. The van der Waals surface area contributed by atoms with E-state index in [2.05, 4.69) is 10.3 Å². The second-order valence-corrected chi connectivity index (χ2v) is 3.56. The number of pyridine rings is 1. The SMILES string of the molecule is CNC1(C(=O)O)CC1c1ccncc1. The van der Waals surface area contributed by atoms with Gasteiger partial charge in [0.1, 0.15) is 5.54 Å². The van der Waals surface area contributed by atoms with Crippen LogP contribution in [0.25, 0.3) is 0 Å². The predicted molar refractivity (Wildman–Crippen MR) is 51.0 cm³/mol. The largest absolute Gasteiger partial charge is 0.480 e. The van der Waals surface area contributed by atoms with Gasteiger partial charge in [0, 0.05) is 18.3 Å². The maximum Gasteiger partial charge on any atom is 0.324 e. The molecule has 1 aliphatic rings. The van der Waals surface area contributed by atoms with E-state index in [1.165, 1.54) is 0 Å². The number of hydrogen-bond donors (Lipinski definition) is 2. The van der Waals surface area contributed by atoms with Crippen molar-refractivity contribution >= 4 is 5.97 Å². The van der Waals surface area contributed by atoms with Crippen LogP contribution in [0.15, 0.2) is 24.5 Å². The summed E-state index contributed by atoms with van der Waals surface area (Å²) in [7, 11) is 1.69. The number of aliphatic carboxylic acids is 1. The van der Waals surface area contributed by atoms with Gasteiger partial charge in [-0.2, -0.15) is 0 Å². The number of carboxylic acid groups (broad SMARTS) is 1. The molecule has 0 radical (unpaired) electrons. The highest BCUT2D eigenvalue weighted by atomic mass is 16.4. The van der Waals surface area contributed by atoms with E-state index < -0.39 is 11.5 Å². The highest BCUT2D eigenvalue weighted by Gasteiger charge is 2.60. The molecule has 4 heteroatoms. The highest BCUT2D eigenvalue weighted by Crippen LogP contribution is 2.51. The van der Waals surface area contributed by atoms with Gasteiger partial charge in [-0.05, 0) is 31.2 Å². The summed E-state index contributed by atoms with van der Waals surface area (Å²) in [6.45, 7) is 0. The Morgan fingerprint density at radius 3 is 2.71 bits per heavy atom. The maximum absolute atomic E-state index is 11.0. The lowest BCUT2D eigenvalue weighted by Crippen LogP contribution is -2.38. The average Bonchev–Trinajstić information content (AvgIpc) is 2.95. The van der Waals surface area contributed by atoms with Crippen molar-refractivity contribution in [1.82, 2.24) is 10.3 Å². The molecule has 1 saturated carbocycles. The molecule has 1 aromatic rings. The van der Waals surface area contributed by atoms with Crippen molar-refractivity contribution in [2.24, 2.45) is 0 Å². The average molecular weight is 192 g/mol. The van der Waals surface area contributed by atoms with Crippen LogP contribution in [0, 0.1) is 0 Å². The summed E-state index contributed by atoms with van der Waals surface area (Å²) in [5.41, 5.74) is 0.290. The molecule has 0 amide bonds. The third kappa shape index (κ3) is 1.19. The van der Waals surface area contributed by atoms with Crippen molar-refractivity contribution in [3.8, 4) is 0 Å². The van der Waals surface area contributed by atoms with Crippen molar-refractivity contribution in [2.75, 3.05) is 7.05 Å². The summed E-state index contributed by atoms with van der Waals surface area (Å²) < 4.78 is 0. The molecule has 1 aliphatic carbocycles. The Bertz CT molecular complexity index is 352. The van der Waals surface area contributed by atoms with Gasteiger partial charge in [-0.15, -0.1) is 0 Å². The Hall–Kier alpha value is -1.42. The second-order valence-electron chi connectivity index (χ2n) is 3.56. The number of carboxylic acids is 1. The van der Waals surface area contributed by atoms with Crippen LogP contribution in [0.3, 0.4) is 0 Å². The van der Waals surface area contributed by atoms with Crippen LogP contribution in [0.2, 0.25) is 0 Å². The van der Waals surface area contributed by atoms with Crippen LogP contribution in [0.4, 0.5) is 0 Å². The number of aromatic nitrogens is 1. The lowest BCUT2D eigenvalue weighted by molar-refractivity contribution is -0.140. The first-order valence-electron chi connectivity index (χ1n) is 4.53. The fourth-order valence-corrected chi connectivity index (χ4v) is 1.88. The maximum atomic E-state index is 11.0. The van der Waals surface area contributed by atoms with Crippen LogP contribution in [0.1, 0.15) is 17.9 Å². The lowest BCUT2D eigenvalue weighted by atomic mass is 10.1. The van der Waals surface area contributed by atoms with Gasteiger partial charge >= 0.3 is 5.97 Å². The first-order valence-corrected chi connectivity index (χ1v) is 4.53. The monoisotopic (exact) mass is 192 g/mol. The molecule has 4 nitrogen and oxygen atoms in total. The van der Waals surface area contributed by atoms with Gasteiger partial charge in [-0.1, -0.05) is 0 Å². The van der Waals surface area contributed by atoms with Gasteiger partial charge in [0.2, 0.25) is 0 Å². The van der Waals surface area contributed by atoms with Crippen LogP contribution >= 0.6 is 0 Å². The molecule has 74 valence electrons. The number of likely N-dealkylation sites (N-methyl/N-ethyl adjacent to an activating group) is 1. The molecule has 2 atom stereocenters. The molecule has 0 spiro atoms. The third-order valence-electron chi connectivity index (χ3n) is 2.90. The number of hydrogen-bond acceptors (Lipinski definition) is 3. The quantitative estimate of drug-likeness (QED) is 0.736. The lowest BCUT2D eigenvalue weighted by Gasteiger charge is -2.10. The van der Waals surface area contributed by atoms with E-state index in [1.807, 2.05) is 12.1 Å². The van der Waals surface area contributed by atoms with Gasteiger partial charge in [0.15, 0.2) is 0 Å². The summed E-state index contributed by atoms with van der Waals surface area (Å²) in [6, 6.07) is 3.74. The van der Waals surface area contributed by atoms with Crippen LogP contribution in [-0.2, 0) is 4.79 Å². The molecule has 1 aromatic heterocycles. The molecule has 0 aliphatic heterocycles. The number of nitrogens with one attached hydrogen (secondary N) is 1. The molecule has 2 unspecified atom stereocenters. The number of carbonyl (C=O) groups is 1. The van der Waals surface area contributed by atoms with Crippen molar-refractivity contribution < 1.29 is 9.90 Å². The fraction of sp³-hybridized carbons (Fsp3) is 0.400. The normalized spacial score (nSPS) is 29.9. The van der Waals surface area contributed by atoms with Crippen molar-refractivity contribution in [3.63, 3.8) is 0 Å². The first kappa shape index (κ1) is 9.15. The van der Waals surface area contributed by atoms with Crippen molar-refractivity contribution in [2.45, 2.75) is 17.9 Å².